The van der Waals surface area contributed by atoms with E-state index in [1.54, 1.807) is 34.0 Å². The fraction of sp³-hybridized carbons (Fsp3) is 0.375. The molecule has 33 heavy (non-hydrogen) atoms. The van der Waals surface area contributed by atoms with Crippen molar-refractivity contribution in [1.29, 1.82) is 0 Å². The molecule has 0 N–H and O–H groups in total. The van der Waals surface area contributed by atoms with Gasteiger partial charge in [0, 0.05) is 52.0 Å². The lowest BCUT2D eigenvalue weighted by molar-refractivity contribution is 0.407. The summed E-state index contributed by atoms with van der Waals surface area (Å²) < 4.78 is 3.73. The van der Waals surface area contributed by atoms with E-state index in [1.807, 2.05) is 73.3 Å². The molecule has 4 aromatic heterocycles. The smallest absolute Gasteiger partial charge is 0.247 e. The lowest BCUT2D eigenvalue weighted by atomic mass is 10.1. The fourth-order valence-electron chi connectivity index (χ4n) is 3.96. The van der Waals surface area contributed by atoms with Gasteiger partial charge in [-0.2, -0.15) is 0 Å². The van der Waals surface area contributed by atoms with Crippen LogP contribution in [0.25, 0.3) is 0 Å². The van der Waals surface area contributed by atoms with Crippen LogP contribution in [-0.4, -0.2) is 13.7 Å². The van der Waals surface area contributed by atoms with Crippen LogP contribution in [0.3, 0.4) is 0 Å². The Hall–Kier alpha value is -2.49. The topological polar surface area (TPSA) is 66.0 Å². The summed E-state index contributed by atoms with van der Waals surface area (Å²) in [5, 5.41) is 5.96. The van der Waals surface area contributed by atoms with Crippen LogP contribution in [-0.2, 0) is 19.6 Å². The van der Waals surface area contributed by atoms with E-state index in [2.05, 4.69) is 0 Å². The van der Waals surface area contributed by atoms with Gasteiger partial charge in [0.1, 0.15) is 0 Å². The van der Waals surface area contributed by atoms with Crippen LogP contribution in [0, 0.1) is 0 Å². The molecule has 0 aliphatic carbocycles. The van der Waals surface area contributed by atoms with E-state index in [0.29, 0.717) is 0 Å². The molecule has 0 aliphatic rings. The highest BCUT2D eigenvalue weighted by molar-refractivity contribution is 7.10. The predicted octanol–water partition coefficient (Wildman–Crippen LogP) is 4.77. The lowest BCUT2D eigenvalue weighted by Crippen LogP contribution is -2.55. The SMILES string of the molecule is CC(Cn1c(=O)n(CC(C)c2cccs2)c(=O)n(CC(C)c2cccs2)c1=O)c1cccs1. The average Bonchev–Trinajstić information content (AvgIpc) is 3.59. The van der Waals surface area contributed by atoms with Crippen molar-refractivity contribution in [3.63, 3.8) is 0 Å². The molecule has 9 heteroatoms. The number of rotatable bonds is 9. The first-order valence-corrected chi connectivity index (χ1v) is 13.5. The van der Waals surface area contributed by atoms with Gasteiger partial charge in [-0.05, 0) is 34.3 Å². The zero-order valence-corrected chi connectivity index (χ0v) is 21.3. The molecule has 0 aromatic carbocycles. The monoisotopic (exact) mass is 501 g/mol. The summed E-state index contributed by atoms with van der Waals surface area (Å²) in [7, 11) is 0. The Kier molecular flexibility index (Phi) is 7.31. The molecular weight excluding hydrogens is 474 g/mol. The zero-order chi connectivity index (χ0) is 23.5. The molecule has 0 spiro atoms. The Balaban J connectivity index is 1.78. The average molecular weight is 502 g/mol. The van der Waals surface area contributed by atoms with Crippen molar-refractivity contribution in [1.82, 2.24) is 13.7 Å². The molecule has 0 radical (unpaired) electrons. The van der Waals surface area contributed by atoms with Crippen molar-refractivity contribution >= 4 is 34.0 Å². The van der Waals surface area contributed by atoms with E-state index < -0.39 is 17.1 Å². The Morgan fingerprint density at radius 2 is 0.848 bits per heavy atom. The standard InChI is InChI=1S/C24H27N3O3S3/c1-16(19-7-4-10-31-19)13-25-22(28)26(14-17(2)20-8-5-11-32-20)24(30)27(23(25)29)15-18(3)21-9-6-12-33-21/h4-12,16-18H,13-15H2,1-3H3. The lowest BCUT2D eigenvalue weighted by Gasteiger charge is -2.19. The van der Waals surface area contributed by atoms with Crippen molar-refractivity contribution < 1.29 is 0 Å². The second kappa shape index (κ2) is 10.2. The van der Waals surface area contributed by atoms with Gasteiger partial charge in [0.05, 0.1) is 0 Å². The molecule has 3 unspecified atom stereocenters. The second-order valence-electron chi connectivity index (χ2n) is 8.43. The van der Waals surface area contributed by atoms with E-state index in [9.17, 15) is 14.4 Å². The van der Waals surface area contributed by atoms with E-state index in [-0.39, 0.29) is 37.4 Å². The summed E-state index contributed by atoms with van der Waals surface area (Å²) in [5.41, 5.74) is -1.59. The molecule has 0 aliphatic heterocycles. The van der Waals surface area contributed by atoms with Gasteiger partial charge in [-0.1, -0.05) is 39.0 Å². The van der Waals surface area contributed by atoms with E-state index in [1.165, 1.54) is 13.7 Å². The molecular formula is C24H27N3O3S3. The van der Waals surface area contributed by atoms with Crippen molar-refractivity contribution in [2.45, 2.75) is 58.2 Å². The summed E-state index contributed by atoms with van der Waals surface area (Å²) in [6.45, 7) is 6.71. The van der Waals surface area contributed by atoms with Crippen molar-refractivity contribution in [2.75, 3.05) is 0 Å². The van der Waals surface area contributed by atoms with Crippen molar-refractivity contribution in [3.8, 4) is 0 Å². The number of hydrogen-bond donors (Lipinski definition) is 0. The van der Waals surface area contributed by atoms with Gasteiger partial charge in [-0.15, -0.1) is 34.0 Å². The zero-order valence-electron chi connectivity index (χ0n) is 18.8. The molecule has 0 amide bonds. The molecule has 174 valence electrons. The first kappa shape index (κ1) is 23.7. The second-order valence-corrected chi connectivity index (χ2v) is 11.4. The highest BCUT2D eigenvalue weighted by Gasteiger charge is 2.22. The number of hydrogen-bond acceptors (Lipinski definition) is 6. The maximum absolute atomic E-state index is 13.4. The van der Waals surface area contributed by atoms with Crippen LogP contribution in [0.4, 0.5) is 0 Å². The van der Waals surface area contributed by atoms with Crippen LogP contribution in [0.15, 0.2) is 66.9 Å². The minimum absolute atomic E-state index is 0.0146. The van der Waals surface area contributed by atoms with Crippen LogP contribution in [0.1, 0.15) is 53.2 Å². The van der Waals surface area contributed by atoms with E-state index in [4.69, 9.17) is 0 Å². The van der Waals surface area contributed by atoms with Gasteiger partial charge in [0.2, 0.25) is 0 Å². The quantitative estimate of drug-likeness (QED) is 0.332. The normalized spacial score (nSPS) is 14.3. The molecule has 0 saturated carbocycles. The van der Waals surface area contributed by atoms with Gasteiger partial charge < -0.3 is 0 Å². The summed E-state index contributed by atoms with van der Waals surface area (Å²) >= 11 is 4.80. The fourth-order valence-corrected chi connectivity index (χ4v) is 6.29. The number of nitrogens with zero attached hydrogens (tertiary/aromatic N) is 3. The summed E-state index contributed by atoms with van der Waals surface area (Å²) in [4.78, 5) is 43.5. The van der Waals surface area contributed by atoms with Crippen LogP contribution in [0.5, 0.6) is 0 Å². The maximum Gasteiger partial charge on any atom is 0.336 e. The highest BCUT2D eigenvalue weighted by atomic mass is 32.1. The summed E-state index contributed by atoms with van der Waals surface area (Å²) in [5.74, 6) is -0.0438. The van der Waals surface area contributed by atoms with Crippen LogP contribution >= 0.6 is 34.0 Å². The molecule has 3 atom stereocenters. The predicted molar refractivity (Wildman–Crippen MR) is 137 cm³/mol. The molecule has 4 aromatic rings. The third-order valence-electron chi connectivity index (χ3n) is 5.84. The first-order valence-electron chi connectivity index (χ1n) is 10.9. The Morgan fingerprint density at radius 3 is 1.06 bits per heavy atom. The molecule has 4 heterocycles. The minimum Gasteiger partial charge on any atom is -0.247 e. The molecule has 6 nitrogen and oxygen atoms in total. The summed E-state index contributed by atoms with van der Waals surface area (Å²) in [6.07, 6.45) is 0. The van der Waals surface area contributed by atoms with Gasteiger partial charge in [-0.3, -0.25) is 0 Å². The largest absolute Gasteiger partial charge is 0.336 e. The Morgan fingerprint density at radius 1 is 0.576 bits per heavy atom. The molecule has 0 saturated heterocycles. The van der Waals surface area contributed by atoms with Crippen LogP contribution < -0.4 is 17.1 Å². The maximum atomic E-state index is 13.4. The molecule has 0 fully saturated rings. The van der Waals surface area contributed by atoms with Crippen molar-refractivity contribution in [3.05, 3.63) is 98.6 Å². The van der Waals surface area contributed by atoms with Gasteiger partial charge in [-0.25, -0.2) is 28.1 Å². The van der Waals surface area contributed by atoms with Gasteiger partial charge in [0.15, 0.2) is 0 Å². The third-order valence-corrected chi connectivity index (χ3v) is 9.15. The van der Waals surface area contributed by atoms with E-state index in [0.717, 1.165) is 14.6 Å². The highest BCUT2D eigenvalue weighted by Crippen LogP contribution is 2.23. The van der Waals surface area contributed by atoms with E-state index >= 15 is 0 Å². The third kappa shape index (κ3) is 5.05. The van der Waals surface area contributed by atoms with Gasteiger partial charge in [0.25, 0.3) is 0 Å². The molecule has 0 bridgehead atoms. The molecule has 4 rings (SSSR count). The van der Waals surface area contributed by atoms with Gasteiger partial charge >= 0.3 is 17.1 Å². The number of aromatic nitrogens is 3. The van der Waals surface area contributed by atoms with Crippen molar-refractivity contribution in [2.24, 2.45) is 0 Å². The Labute approximate surface area is 204 Å². The Bertz CT molecular complexity index is 1150. The van der Waals surface area contributed by atoms with Crippen LogP contribution in [0.2, 0.25) is 0 Å². The first-order chi connectivity index (χ1) is 15.9. The number of thiophene rings is 3. The minimum atomic E-state index is -0.531. The summed E-state index contributed by atoms with van der Waals surface area (Å²) in [6, 6.07) is 11.9.